The van der Waals surface area contributed by atoms with Crippen LogP contribution in [0.5, 0.6) is 0 Å². The van der Waals surface area contributed by atoms with Gasteiger partial charge in [0.2, 0.25) is 0 Å². The Bertz CT molecular complexity index is 912. The molecule has 1 fully saturated rings. The van der Waals surface area contributed by atoms with Crippen LogP contribution < -0.4 is 15.5 Å². The molecule has 2 aromatic carbocycles. The van der Waals surface area contributed by atoms with E-state index in [1.54, 1.807) is 23.5 Å². The zero-order valence-electron chi connectivity index (χ0n) is 17.7. The summed E-state index contributed by atoms with van der Waals surface area (Å²) < 4.78 is -0.138. The maximum absolute atomic E-state index is 12.8. The molecule has 8 heteroatoms. The van der Waals surface area contributed by atoms with E-state index in [1.165, 1.54) is 11.3 Å². The molecule has 2 heterocycles. The SMILES string of the molecule is CSc1cccc(SC)c1NC(=O)NCC1(c2ccc(N3CC=CC3)cc2)SCCS1. The van der Waals surface area contributed by atoms with Gasteiger partial charge in [0.1, 0.15) is 4.08 Å². The minimum Gasteiger partial charge on any atom is -0.364 e. The number of anilines is 2. The number of rotatable bonds is 7. The summed E-state index contributed by atoms with van der Waals surface area (Å²) in [5, 5.41) is 6.25. The lowest BCUT2D eigenvalue weighted by molar-refractivity contribution is 0.252. The molecule has 0 bridgehead atoms. The Labute approximate surface area is 201 Å². The van der Waals surface area contributed by atoms with Crippen LogP contribution in [0.25, 0.3) is 0 Å². The van der Waals surface area contributed by atoms with Crippen molar-refractivity contribution >= 4 is 64.5 Å². The summed E-state index contributed by atoms with van der Waals surface area (Å²) in [6, 6.07) is 14.9. The fourth-order valence-corrected chi connectivity index (χ4v) is 8.11. The smallest absolute Gasteiger partial charge is 0.319 e. The summed E-state index contributed by atoms with van der Waals surface area (Å²) >= 11 is 7.15. The highest BCUT2D eigenvalue weighted by molar-refractivity contribution is 8.20. The van der Waals surface area contributed by atoms with Crippen LogP contribution in [0.4, 0.5) is 16.2 Å². The van der Waals surface area contributed by atoms with E-state index in [0.29, 0.717) is 6.54 Å². The van der Waals surface area contributed by atoms with Gasteiger partial charge in [0.25, 0.3) is 0 Å². The number of benzene rings is 2. The predicted molar refractivity (Wildman–Crippen MR) is 141 cm³/mol. The standard InChI is InChI=1S/C23H27N3OS4/c1-28-19-6-5-7-20(29-2)21(19)25-22(27)24-16-23(30-14-15-31-23)17-8-10-18(11-9-17)26-12-3-4-13-26/h3-11H,12-16H2,1-2H3,(H2,24,25,27). The molecular weight excluding hydrogens is 463 g/mol. The highest BCUT2D eigenvalue weighted by Crippen LogP contribution is 2.51. The van der Waals surface area contributed by atoms with Crippen LogP contribution in [0.2, 0.25) is 0 Å². The first-order valence-electron chi connectivity index (χ1n) is 10.2. The monoisotopic (exact) mass is 489 g/mol. The van der Waals surface area contributed by atoms with Gasteiger partial charge < -0.3 is 15.5 Å². The minimum absolute atomic E-state index is 0.138. The summed E-state index contributed by atoms with van der Waals surface area (Å²) in [6.45, 7) is 2.55. The quantitative estimate of drug-likeness (QED) is 0.369. The van der Waals surface area contributed by atoms with E-state index in [0.717, 1.165) is 40.1 Å². The maximum Gasteiger partial charge on any atom is 0.319 e. The Morgan fingerprint density at radius 3 is 2.19 bits per heavy atom. The van der Waals surface area contributed by atoms with Gasteiger partial charge in [-0.1, -0.05) is 30.4 Å². The van der Waals surface area contributed by atoms with Crippen LogP contribution in [-0.4, -0.2) is 49.7 Å². The van der Waals surface area contributed by atoms with Gasteiger partial charge in [-0.05, 0) is 42.3 Å². The number of amides is 2. The molecule has 0 radical (unpaired) electrons. The molecule has 31 heavy (non-hydrogen) atoms. The lowest BCUT2D eigenvalue weighted by Crippen LogP contribution is -2.38. The molecule has 0 atom stereocenters. The number of carbonyl (C=O) groups excluding carboxylic acids is 1. The van der Waals surface area contributed by atoms with Gasteiger partial charge in [-0.3, -0.25) is 0 Å². The largest absolute Gasteiger partial charge is 0.364 e. The van der Waals surface area contributed by atoms with Crippen LogP contribution in [0.15, 0.2) is 64.4 Å². The van der Waals surface area contributed by atoms with Crippen molar-refractivity contribution in [2.45, 2.75) is 13.9 Å². The summed E-state index contributed by atoms with van der Waals surface area (Å²) in [5.74, 6) is 2.19. The van der Waals surface area contributed by atoms with E-state index < -0.39 is 0 Å². The molecule has 2 amide bonds. The topological polar surface area (TPSA) is 44.4 Å². The van der Waals surface area contributed by atoms with Crippen LogP contribution >= 0.6 is 47.0 Å². The van der Waals surface area contributed by atoms with Crippen molar-refractivity contribution in [2.24, 2.45) is 0 Å². The molecule has 0 unspecified atom stereocenters. The molecule has 4 rings (SSSR count). The van der Waals surface area contributed by atoms with Gasteiger partial charge >= 0.3 is 6.03 Å². The second-order valence-electron chi connectivity index (χ2n) is 7.22. The Balaban J connectivity index is 1.45. The van der Waals surface area contributed by atoms with Crippen molar-refractivity contribution in [3.05, 3.63) is 60.2 Å². The van der Waals surface area contributed by atoms with Crippen molar-refractivity contribution in [3.63, 3.8) is 0 Å². The zero-order chi connectivity index (χ0) is 21.7. The van der Waals surface area contributed by atoms with Crippen LogP contribution in [0, 0.1) is 0 Å². The second kappa shape index (κ2) is 10.5. The molecule has 4 nitrogen and oxygen atoms in total. The van der Waals surface area contributed by atoms with Crippen LogP contribution in [0.1, 0.15) is 5.56 Å². The number of nitrogens with zero attached hydrogens (tertiary/aromatic N) is 1. The average Bonchev–Trinajstić information content (AvgIpc) is 3.51. The second-order valence-corrected chi connectivity index (χ2v) is 12.0. The van der Waals surface area contributed by atoms with Crippen LogP contribution in [0.3, 0.4) is 0 Å². The van der Waals surface area contributed by atoms with Gasteiger partial charge in [0.15, 0.2) is 0 Å². The molecule has 0 saturated carbocycles. The Morgan fingerprint density at radius 1 is 1.00 bits per heavy atom. The minimum atomic E-state index is -0.149. The first-order valence-corrected chi connectivity index (χ1v) is 14.6. The van der Waals surface area contributed by atoms with Crippen molar-refractivity contribution in [1.29, 1.82) is 0 Å². The molecule has 2 aromatic rings. The van der Waals surface area contributed by atoms with Crippen molar-refractivity contribution < 1.29 is 4.79 Å². The number of carbonyl (C=O) groups is 1. The van der Waals surface area contributed by atoms with E-state index in [-0.39, 0.29) is 10.1 Å². The van der Waals surface area contributed by atoms with Gasteiger partial charge in [0, 0.05) is 46.6 Å². The highest BCUT2D eigenvalue weighted by Gasteiger charge is 2.38. The van der Waals surface area contributed by atoms with E-state index in [2.05, 4.69) is 52.0 Å². The van der Waals surface area contributed by atoms with Gasteiger partial charge in [-0.2, -0.15) is 0 Å². The molecule has 0 aliphatic carbocycles. The predicted octanol–water partition coefficient (Wildman–Crippen LogP) is 5.96. The normalized spacial score (nSPS) is 17.2. The Hall–Kier alpha value is -1.35. The Kier molecular flexibility index (Phi) is 7.74. The highest BCUT2D eigenvalue weighted by atomic mass is 32.2. The number of para-hydroxylation sites is 1. The van der Waals surface area contributed by atoms with E-state index in [9.17, 15) is 4.79 Å². The van der Waals surface area contributed by atoms with Crippen LogP contribution in [-0.2, 0) is 4.08 Å². The molecular formula is C23H27N3OS4. The number of hydrogen-bond donors (Lipinski definition) is 2. The van der Waals surface area contributed by atoms with Gasteiger partial charge in [-0.25, -0.2) is 4.79 Å². The molecule has 2 N–H and O–H groups in total. The Morgan fingerprint density at radius 2 is 1.61 bits per heavy atom. The van der Waals surface area contributed by atoms with Crippen molar-refractivity contribution in [3.8, 4) is 0 Å². The number of thioether (sulfide) groups is 4. The molecule has 164 valence electrons. The third kappa shape index (κ3) is 5.18. The summed E-state index contributed by atoms with van der Waals surface area (Å²) in [5.41, 5.74) is 3.41. The molecule has 2 aliphatic rings. The summed E-state index contributed by atoms with van der Waals surface area (Å²) in [6.07, 6.45) is 8.48. The maximum atomic E-state index is 12.8. The third-order valence-electron chi connectivity index (χ3n) is 5.39. The zero-order valence-corrected chi connectivity index (χ0v) is 21.0. The first kappa shape index (κ1) is 22.8. The molecule has 0 aromatic heterocycles. The summed E-state index contributed by atoms with van der Waals surface area (Å²) in [7, 11) is 0. The fourth-order valence-electron chi connectivity index (χ4n) is 3.77. The van der Waals surface area contributed by atoms with E-state index >= 15 is 0 Å². The van der Waals surface area contributed by atoms with Gasteiger partial charge in [0.05, 0.1) is 5.69 Å². The first-order chi connectivity index (χ1) is 15.1. The lowest BCUT2D eigenvalue weighted by Gasteiger charge is -2.29. The van der Waals surface area contributed by atoms with Crippen molar-refractivity contribution in [1.82, 2.24) is 5.32 Å². The molecule has 1 saturated heterocycles. The van der Waals surface area contributed by atoms with E-state index in [4.69, 9.17) is 0 Å². The molecule has 2 aliphatic heterocycles. The van der Waals surface area contributed by atoms with Crippen molar-refractivity contribution in [2.75, 3.05) is 53.9 Å². The third-order valence-corrected chi connectivity index (χ3v) is 10.4. The lowest BCUT2D eigenvalue weighted by atomic mass is 10.1. The average molecular weight is 490 g/mol. The summed E-state index contributed by atoms with van der Waals surface area (Å²) in [4.78, 5) is 17.3. The molecule has 0 spiro atoms. The number of nitrogens with one attached hydrogen (secondary N) is 2. The van der Waals surface area contributed by atoms with E-state index in [1.807, 2.05) is 54.2 Å². The fraction of sp³-hybridized carbons (Fsp3) is 0.348. The van der Waals surface area contributed by atoms with Gasteiger partial charge in [-0.15, -0.1) is 47.0 Å². The number of urea groups is 1. The number of hydrogen-bond acceptors (Lipinski definition) is 6.